The first-order chi connectivity index (χ1) is 7.16. The summed E-state index contributed by atoms with van der Waals surface area (Å²) in [4.78, 5) is 21.0. The van der Waals surface area contributed by atoms with Crippen LogP contribution in [0.4, 0.5) is 4.79 Å². The molecule has 0 spiro atoms. The Morgan fingerprint density at radius 1 is 1.20 bits per heavy atom. The minimum absolute atomic E-state index is 0.00654. The second kappa shape index (κ2) is 9.76. The Hall–Kier alpha value is -0.780. The second-order valence-electron chi connectivity index (χ2n) is 3.07. The first-order valence-corrected chi connectivity index (χ1v) is 6.04. The van der Waals surface area contributed by atoms with E-state index in [0.29, 0.717) is 18.5 Å². The van der Waals surface area contributed by atoms with Crippen molar-refractivity contribution in [3.63, 3.8) is 0 Å². The van der Waals surface area contributed by atoms with E-state index >= 15 is 0 Å². The molecule has 0 aliphatic rings. The van der Waals surface area contributed by atoms with Crippen molar-refractivity contribution in [1.29, 1.82) is 0 Å². The van der Waals surface area contributed by atoms with Crippen LogP contribution in [0.5, 0.6) is 0 Å². The van der Waals surface area contributed by atoms with Gasteiger partial charge in [0, 0.05) is 6.54 Å². The summed E-state index contributed by atoms with van der Waals surface area (Å²) in [5, 5.41) is 3.10. The average molecular weight is 281 g/mol. The molecule has 0 unspecified atom stereocenters. The zero-order valence-electron chi connectivity index (χ0n) is 8.63. The number of unbranched alkanes of at least 4 members (excludes halogenated alkanes) is 3. The maximum atomic E-state index is 10.8. The van der Waals surface area contributed by atoms with Crippen molar-refractivity contribution in [1.82, 2.24) is 5.32 Å². The lowest BCUT2D eigenvalue weighted by Gasteiger charge is -2.03. The van der Waals surface area contributed by atoms with Gasteiger partial charge in [0.15, 0.2) is 0 Å². The summed E-state index contributed by atoms with van der Waals surface area (Å²) in [6.07, 6.45) is 3.01. The summed E-state index contributed by atoms with van der Waals surface area (Å²) in [5.74, 6) is 0.00654. The van der Waals surface area contributed by atoms with Crippen LogP contribution in [0, 0.1) is 0 Å². The molecule has 88 valence electrons. The Kier molecular flexibility index (Phi) is 9.26. The number of primary amides is 1. The monoisotopic (exact) mass is 280 g/mol. The minimum Gasteiger partial charge on any atom is -0.450 e. The third-order valence-corrected chi connectivity index (χ3v) is 2.27. The molecular formula is C9H17BrN2O3. The van der Waals surface area contributed by atoms with Gasteiger partial charge in [0.05, 0.1) is 11.9 Å². The molecule has 15 heavy (non-hydrogen) atoms. The summed E-state index contributed by atoms with van der Waals surface area (Å²) < 4.78 is 4.57. The van der Waals surface area contributed by atoms with Gasteiger partial charge >= 0.3 is 6.09 Å². The number of nitrogens with two attached hydrogens (primary N) is 1. The van der Waals surface area contributed by atoms with E-state index in [4.69, 9.17) is 5.73 Å². The lowest BCUT2D eigenvalue weighted by Crippen LogP contribution is -2.25. The fourth-order valence-corrected chi connectivity index (χ4v) is 1.23. The van der Waals surface area contributed by atoms with Gasteiger partial charge in [-0.2, -0.15) is 0 Å². The molecule has 0 aromatic rings. The Morgan fingerprint density at radius 2 is 1.87 bits per heavy atom. The van der Waals surface area contributed by atoms with Crippen molar-refractivity contribution >= 4 is 27.9 Å². The van der Waals surface area contributed by atoms with Crippen LogP contribution in [0.1, 0.15) is 25.7 Å². The molecule has 0 aliphatic heterocycles. The highest BCUT2D eigenvalue weighted by Crippen LogP contribution is 1.99. The standard InChI is InChI=1S/C9H17BrN2O3/c10-7-8(13)12-5-3-1-2-4-6-15-9(11)14/h1-7H2,(H2,11,14)(H,12,13). The van der Waals surface area contributed by atoms with Gasteiger partial charge in [0.25, 0.3) is 0 Å². The van der Waals surface area contributed by atoms with Gasteiger partial charge in [0.2, 0.25) is 5.91 Å². The summed E-state index contributed by atoms with van der Waals surface area (Å²) in [6, 6.07) is 0. The molecule has 0 saturated heterocycles. The molecule has 0 aromatic heterocycles. The van der Waals surface area contributed by atoms with Crippen molar-refractivity contribution in [3.8, 4) is 0 Å². The summed E-state index contributed by atoms with van der Waals surface area (Å²) in [6.45, 7) is 1.07. The number of carbonyl (C=O) groups excluding carboxylic acids is 2. The smallest absolute Gasteiger partial charge is 0.404 e. The van der Waals surface area contributed by atoms with Crippen molar-refractivity contribution in [2.24, 2.45) is 5.73 Å². The van der Waals surface area contributed by atoms with Gasteiger partial charge in [-0.3, -0.25) is 4.79 Å². The molecule has 0 bridgehead atoms. The molecule has 6 heteroatoms. The number of carbonyl (C=O) groups is 2. The lowest BCUT2D eigenvalue weighted by molar-refractivity contribution is -0.118. The molecule has 3 N–H and O–H groups in total. The van der Waals surface area contributed by atoms with Crippen molar-refractivity contribution in [2.75, 3.05) is 18.5 Å². The Bertz CT molecular complexity index is 200. The summed E-state index contributed by atoms with van der Waals surface area (Å²) in [7, 11) is 0. The quantitative estimate of drug-likeness (QED) is 0.517. The van der Waals surface area contributed by atoms with E-state index in [0.717, 1.165) is 25.7 Å². The van der Waals surface area contributed by atoms with E-state index in [1.807, 2.05) is 0 Å². The molecule has 5 nitrogen and oxygen atoms in total. The molecular weight excluding hydrogens is 264 g/mol. The van der Waals surface area contributed by atoms with Crippen LogP contribution in [0.25, 0.3) is 0 Å². The van der Waals surface area contributed by atoms with Gasteiger partial charge in [-0.1, -0.05) is 22.4 Å². The normalized spacial score (nSPS) is 9.67. The number of rotatable bonds is 8. The topological polar surface area (TPSA) is 81.4 Å². The third-order valence-electron chi connectivity index (χ3n) is 1.76. The van der Waals surface area contributed by atoms with Gasteiger partial charge in [-0.25, -0.2) is 4.79 Å². The van der Waals surface area contributed by atoms with Gasteiger partial charge in [0.1, 0.15) is 0 Å². The van der Waals surface area contributed by atoms with Crippen LogP contribution in [0.15, 0.2) is 0 Å². The highest BCUT2D eigenvalue weighted by molar-refractivity contribution is 9.09. The zero-order valence-corrected chi connectivity index (χ0v) is 10.2. The van der Waals surface area contributed by atoms with Crippen molar-refractivity contribution in [2.45, 2.75) is 25.7 Å². The Labute approximate surface area is 97.9 Å². The number of amides is 2. The lowest BCUT2D eigenvalue weighted by atomic mass is 10.2. The fourth-order valence-electron chi connectivity index (χ4n) is 1.03. The number of ether oxygens (including phenoxy) is 1. The molecule has 0 fully saturated rings. The van der Waals surface area contributed by atoms with E-state index in [1.165, 1.54) is 0 Å². The fraction of sp³-hybridized carbons (Fsp3) is 0.778. The molecule has 0 heterocycles. The maximum absolute atomic E-state index is 10.8. The zero-order chi connectivity index (χ0) is 11.5. The molecule has 2 amide bonds. The van der Waals surface area contributed by atoms with Crippen LogP contribution in [-0.2, 0) is 9.53 Å². The summed E-state index contributed by atoms with van der Waals surface area (Å²) >= 11 is 3.06. The number of hydrogen-bond donors (Lipinski definition) is 2. The number of halogens is 1. The SMILES string of the molecule is NC(=O)OCCCCCCNC(=O)CBr. The van der Waals surface area contributed by atoms with E-state index in [-0.39, 0.29) is 5.91 Å². The molecule has 0 aromatic carbocycles. The van der Waals surface area contributed by atoms with Crippen molar-refractivity contribution in [3.05, 3.63) is 0 Å². The number of alkyl halides is 1. The second-order valence-corrected chi connectivity index (χ2v) is 3.63. The van der Waals surface area contributed by atoms with E-state index < -0.39 is 6.09 Å². The highest BCUT2D eigenvalue weighted by Gasteiger charge is 1.97. The molecule has 0 radical (unpaired) electrons. The van der Waals surface area contributed by atoms with E-state index in [9.17, 15) is 9.59 Å². The number of nitrogens with one attached hydrogen (secondary N) is 1. The molecule has 0 aliphatic carbocycles. The number of hydrogen-bond acceptors (Lipinski definition) is 3. The molecule has 0 saturated carbocycles. The first kappa shape index (κ1) is 14.2. The van der Waals surface area contributed by atoms with Crippen LogP contribution in [0.2, 0.25) is 0 Å². The minimum atomic E-state index is -0.723. The molecule has 0 rings (SSSR count). The Morgan fingerprint density at radius 3 is 2.47 bits per heavy atom. The van der Waals surface area contributed by atoms with Crippen LogP contribution < -0.4 is 11.1 Å². The van der Waals surface area contributed by atoms with Crippen molar-refractivity contribution < 1.29 is 14.3 Å². The predicted molar refractivity (Wildman–Crippen MR) is 60.8 cm³/mol. The van der Waals surface area contributed by atoms with Gasteiger partial charge in [-0.05, 0) is 19.3 Å². The van der Waals surface area contributed by atoms with Crippen LogP contribution in [0.3, 0.4) is 0 Å². The van der Waals surface area contributed by atoms with Gasteiger partial charge < -0.3 is 15.8 Å². The average Bonchev–Trinajstić information content (AvgIpc) is 2.21. The van der Waals surface area contributed by atoms with E-state index in [2.05, 4.69) is 26.0 Å². The Balaban J connectivity index is 3.05. The largest absolute Gasteiger partial charge is 0.450 e. The summed E-state index contributed by atoms with van der Waals surface area (Å²) in [5.41, 5.74) is 4.79. The third kappa shape index (κ3) is 11.1. The maximum Gasteiger partial charge on any atom is 0.404 e. The predicted octanol–water partition coefficient (Wildman–Crippen LogP) is 1.15. The highest BCUT2D eigenvalue weighted by atomic mass is 79.9. The molecule has 0 atom stereocenters. The van der Waals surface area contributed by atoms with E-state index in [1.54, 1.807) is 0 Å². The van der Waals surface area contributed by atoms with Gasteiger partial charge in [-0.15, -0.1) is 0 Å². The van der Waals surface area contributed by atoms with Crippen LogP contribution in [-0.4, -0.2) is 30.5 Å². The van der Waals surface area contributed by atoms with Crippen LogP contribution >= 0.6 is 15.9 Å². The first-order valence-electron chi connectivity index (χ1n) is 4.91.